The first-order valence-electron chi connectivity index (χ1n) is 22.7. The van der Waals surface area contributed by atoms with E-state index in [2.05, 4.69) is 82.6 Å². The van der Waals surface area contributed by atoms with Crippen molar-refractivity contribution in [3.63, 3.8) is 0 Å². The van der Waals surface area contributed by atoms with Crippen molar-refractivity contribution >= 4 is 111 Å². The Labute approximate surface area is 407 Å². The number of hydrogen-bond donors (Lipinski definition) is 3. The summed E-state index contributed by atoms with van der Waals surface area (Å²) in [5.41, 5.74) is 4.94. The van der Waals surface area contributed by atoms with Crippen LogP contribution in [0.5, 0.6) is 0 Å². The minimum atomic E-state index is -4.63. The number of fused-ring (bicyclic) bond motifs is 2. The highest BCUT2D eigenvalue weighted by Crippen LogP contribution is 2.40. The Balaban J connectivity index is 0.00000169. The van der Waals surface area contributed by atoms with E-state index >= 15 is 0 Å². The Bertz CT molecular complexity index is 3210. The van der Waals surface area contributed by atoms with Crippen molar-refractivity contribution in [3.05, 3.63) is 115 Å². The molecule has 358 valence electrons. The Morgan fingerprint density at radius 2 is 1.10 bits per heavy atom. The van der Waals surface area contributed by atoms with Gasteiger partial charge >= 0.3 is 10.6 Å². The molecule has 3 N–H and O–H groups in total. The summed E-state index contributed by atoms with van der Waals surface area (Å²) in [6, 6.07) is 36.1. The monoisotopic (exact) mass is 987 g/mol. The first-order chi connectivity index (χ1) is 33.4. The third kappa shape index (κ3) is 13.0. The maximum Gasteiger partial charge on any atom is 0.425 e. The van der Waals surface area contributed by atoms with Gasteiger partial charge in [0.05, 0.1) is 17.1 Å². The SMILES string of the molecule is CCN(CC)c1ccc(N=Nc2cccc3ccccc23)c(Nc2nc(Nc3cc(N(CC)CC)ccc3N=Nc3c(S(=O)(=O)O)ccc4ccccc34)nc(SC3CCCCC3)n2)c1.O=S(=O)=O. The number of rotatable bonds is 17. The topological polar surface area (TPSA) is 224 Å². The van der Waals surface area contributed by atoms with E-state index in [4.69, 9.17) is 37.8 Å². The zero-order valence-corrected chi connectivity index (χ0v) is 41.1. The Hall–Kier alpha value is -6.87. The van der Waals surface area contributed by atoms with Crippen LogP contribution in [0.3, 0.4) is 0 Å². The van der Waals surface area contributed by atoms with Gasteiger partial charge in [0.15, 0.2) is 5.16 Å². The Morgan fingerprint density at radius 1 is 0.609 bits per heavy atom. The van der Waals surface area contributed by atoms with Crippen LogP contribution in [-0.2, 0) is 20.7 Å². The zero-order valence-electron chi connectivity index (χ0n) is 38.6. The minimum absolute atomic E-state index is 0.0301. The first-order valence-corrected chi connectivity index (χ1v) is 26.0. The second-order valence-electron chi connectivity index (χ2n) is 15.9. The van der Waals surface area contributed by atoms with Gasteiger partial charge < -0.3 is 20.4 Å². The summed E-state index contributed by atoms with van der Waals surface area (Å²) in [4.78, 5) is 19.0. The highest BCUT2D eigenvalue weighted by Gasteiger charge is 2.21. The quantitative estimate of drug-likeness (QED) is 0.0570. The number of thioether (sulfide) groups is 1. The van der Waals surface area contributed by atoms with Crippen molar-refractivity contribution in [2.45, 2.75) is 75.1 Å². The van der Waals surface area contributed by atoms with Crippen molar-refractivity contribution in [2.24, 2.45) is 20.5 Å². The van der Waals surface area contributed by atoms with Crippen LogP contribution >= 0.6 is 11.8 Å². The molecule has 1 saturated carbocycles. The van der Waals surface area contributed by atoms with Crippen molar-refractivity contribution < 1.29 is 25.6 Å². The maximum absolute atomic E-state index is 12.6. The second kappa shape index (κ2) is 23.4. The molecule has 8 rings (SSSR count). The molecule has 0 amide bonds. The molecule has 17 nitrogen and oxygen atoms in total. The van der Waals surface area contributed by atoms with E-state index in [1.54, 1.807) is 30.0 Å². The van der Waals surface area contributed by atoms with E-state index in [0.29, 0.717) is 44.5 Å². The molecule has 0 spiro atoms. The largest absolute Gasteiger partial charge is 0.425 e. The van der Waals surface area contributed by atoms with Crippen molar-refractivity contribution in [1.82, 2.24) is 15.0 Å². The molecule has 7 aromatic rings. The lowest BCUT2D eigenvalue weighted by atomic mass is 10.0. The van der Waals surface area contributed by atoms with Gasteiger partial charge in [-0.2, -0.15) is 23.4 Å². The molecule has 1 aliphatic rings. The third-order valence-electron chi connectivity index (χ3n) is 11.6. The normalized spacial score (nSPS) is 13.1. The summed E-state index contributed by atoms with van der Waals surface area (Å²) < 4.78 is 60.7. The number of aromatic nitrogens is 3. The summed E-state index contributed by atoms with van der Waals surface area (Å²) in [6.45, 7) is 11.6. The van der Waals surface area contributed by atoms with Crippen LogP contribution in [0.4, 0.5) is 57.4 Å². The molecular weight excluding hydrogens is 935 g/mol. The zero-order chi connectivity index (χ0) is 48.9. The lowest BCUT2D eigenvalue weighted by Gasteiger charge is -2.23. The summed E-state index contributed by atoms with van der Waals surface area (Å²) in [7, 11) is -7.74. The van der Waals surface area contributed by atoms with Crippen LogP contribution in [0.2, 0.25) is 0 Å². The van der Waals surface area contributed by atoms with Gasteiger partial charge in [0.2, 0.25) is 11.9 Å². The van der Waals surface area contributed by atoms with Gasteiger partial charge in [0.25, 0.3) is 10.1 Å². The molecule has 0 aliphatic heterocycles. The number of nitrogens with zero attached hydrogens (tertiary/aromatic N) is 9. The van der Waals surface area contributed by atoms with Crippen LogP contribution in [0.1, 0.15) is 59.8 Å². The number of nitrogens with one attached hydrogen (secondary N) is 2. The molecule has 20 heteroatoms. The molecule has 0 atom stereocenters. The maximum atomic E-state index is 12.6. The fourth-order valence-corrected chi connectivity index (χ4v) is 9.92. The lowest BCUT2D eigenvalue weighted by Crippen LogP contribution is -2.21. The molecule has 0 unspecified atom stereocenters. The first kappa shape index (κ1) is 50.0. The van der Waals surface area contributed by atoms with E-state index in [1.807, 2.05) is 66.7 Å². The molecule has 1 aromatic heterocycles. The van der Waals surface area contributed by atoms with Gasteiger partial charge in [-0.05, 0) is 99.8 Å². The van der Waals surface area contributed by atoms with Gasteiger partial charge in [-0.1, -0.05) is 97.8 Å². The van der Waals surface area contributed by atoms with Crippen molar-refractivity contribution in [2.75, 3.05) is 46.6 Å². The standard InChI is InChI=1S/C49H53N11O3S2.O3S/c1-5-59(6-2)35-26-28-41(56-55-40-24-16-19-33-17-12-14-22-38(33)40)43(31-35)50-47-52-48(54-49(53-47)64-37-20-10-9-11-21-37)51-44-32-36(60(7-3)8-4)27-29-42(44)57-58-46-39-23-15-13-18-34(39)25-30-45(46)65(61,62)63;1-4(2)3/h12-19,22-32,37H,5-11,20-21H2,1-4H3,(H,61,62,63)(H2,50,51,52,53,54);. The van der Waals surface area contributed by atoms with E-state index in [9.17, 15) is 13.0 Å². The van der Waals surface area contributed by atoms with Crippen LogP contribution in [0.15, 0.2) is 146 Å². The summed E-state index contributed by atoms with van der Waals surface area (Å²) in [5, 5.41) is 29.9. The Morgan fingerprint density at radius 3 is 1.65 bits per heavy atom. The highest BCUT2D eigenvalue weighted by atomic mass is 32.2. The smallest absolute Gasteiger partial charge is 0.372 e. The molecule has 1 aliphatic carbocycles. The van der Waals surface area contributed by atoms with Crippen LogP contribution in [0.25, 0.3) is 21.5 Å². The molecule has 0 radical (unpaired) electrons. The van der Waals surface area contributed by atoms with Gasteiger partial charge in [-0.15, -0.1) is 33.1 Å². The summed E-state index contributed by atoms with van der Waals surface area (Å²) >= 11 is 1.65. The van der Waals surface area contributed by atoms with E-state index in [1.165, 1.54) is 12.5 Å². The second-order valence-corrected chi connectivity index (χ2v) is 18.9. The van der Waals surface area contributed by atoms with Gasteiger partial charge in [0, 0.05) is 53.6 Å². The number of anilines is 6. The van der Waals surface area contributed by atoms with E-state index in [-0.39, 0.29) is 16.5 Å². The Kier molecular flexibility index (Phi) is 17.0. The average molecular weight is 988 g/mol. The molecular formula is C49H53N11O6S3. The van der Waals surface area contributed by atoms with Crippen molar-refractivity contribution in [3.8, 4) is 0 Å². The molecule has 69 heavy (non-hydrogen) atoms. The minimum Gasteiger partial charge on any atom is -0.372 e. The molecule has 0 saturated heterocycles. The predicted molar refractivity (Wildman–Crippen MR) is 275 cm³/mol. The molecule has 1 heterocycles. The van der Waals surface area contributed by atoms with Crippen LogP contribution in [0, 0.1) is 0 Å². The number of benzene rings is 6. The molecule has 6 aromatic carbocycles. The molecule has 1 fully saturated rings. The lowest BCUT2D eigenvalue weighted by molar-refractivity contribution is 0.483. The van der Waals surface area contributed by atoms with E-state index < -0.39 is 20.7 Å². The number of hydrogen-bond acceptors (Lipinski definition) is 17. The van der Waals surface area contributed by atoms with Gasteiger partial charge in [0.1, 0.15) is 22.0 Å². The average Bonchev–Trinajstić information content (AvgIpc) is 3.34. The van der Waals surface area contributed by atoms with E-state index in [0.717, 1.165) is 85.1 Å². The van der Waals surface area contributed by atoms with Crippen molar-refractivity contribution in [1.29, 1.82) is 0 Å². The third-order valence-corrected chi connectivity index (χ3v) is 13.7. The summed E-state index contributed by atoms with van der Waals surface area (Å²) in [6.07, 6.45) is 5.68. The fourth-order valence-electron chi connectivity index (χ4n) is 8.14. The molecule has 0 bridgehead atoms. The summed E-state index contributed by atoms with van der Waals surface area (Å²) in [5.74, 6) is 0.590. The van der Waals surface area contributed by atoms with Gasteiger partial charge in [-0.3, -0.25) is 4.55 Å². The fraction of sp³-hybridized carbons (Fsp3) is 0.286. The highest BCUT2D eigenvalue weighted by molar-refractivity contribution is 7.99. The van der Waals surface area contributed by atoms with Crippen LogP contribution in [-0.4, -0.2) is 72.0 Å². The van der Waals surface area contributed by atoms with Gasteiger partial charge in [-0.25, -0.2) is 0 Å². The predicted octanol–water partition coefficient (Wildman–Crippen LogP) is 12.9. The van der Waals surface area contributed by atoms with Crippen LogP contribution < -0.4 is 20.4 Å². The number of azo groups is 2.